The molecule has 1 saturated heterocycles. The molecule has 0 aromatic rings. The van der Waals surface area contributed by atoms with E-state index in [-0.39, 0.29) is 52.7 Å². The Morgan fingerprint density at radius 1 is 1.00 bits per heavy atom. The van der Waals surface area contributed by atoms with Gasteiger partial charge in [0.25, 0.3) is 0 Å². The highest BCUT2D eigenvalue weighted by Gasteiger charge is 2.81. The molecule has 0 aromatic heterocycles. The van der Waals surface area contributed by atoms with Crippen molar-refractivity contribution in [2.45, 2.75) is 85.2 Å². The fourth-order valence-electron chi connectivity index (χ4n) is 8.14. The zero-order valence-corrected chi connectivity index (χ0v) is 17.8. The summed E-state index contributed by atoms with van der Waals surface area (Å²) in [5, 5.41) is 0. The van der Waals surface area contributed by atoms with Crippen LogP contribution < -0.4 is 0 Å². The third-order valence-corrected chi connectivity index (χ3v) is 9.26. The van der Waals surface area contributed by atoms with Gasteiger partial charge in [-0.2, -0.15) is 0 Å². The Morgan fingerprint density at radius 2 is 1.68 bits per heavy atom. The van der Waals surface area contributed by atoms with Crippen molar-refractivity contribution >= 4 is 17.3 Å². The zero-order valence-electron chi connectivity index (χ0n) is 17.8. The van der Waals surface area contributed by atoms with Crippen LogP contribution in [0.2, 0.25) is 0 Å². The number of rotatable bonds is 0. The molecule has 154 valence electrons. The van der Waals surface area contributed by atoms with E-state index in [4.69, 9.17) is 9.47 Å². The third-order valence-electron chi connectivity index (χ3n) is 9.26. The summed E-state index contributed by atoms with van der Waals surface area (Å²) >= 11 is 0. The fraction of sp³-hybridized carbons (Fsp3) is 0.870. The van der Waals surface area contributed by atoms with E-state index in [2.05, 4.69) is 13.8 Å². The lowest BCUT2D eigenvalue weighted by atomic mass is 9.39. The lowest BCUT2D eigenvalue weighted by Gasteiger charge is -2.67. The fourth-order valence-corrected chi connectivity index (χ4v) is 8.14. The average Bonchev–Trinajstić information content (AvgIpc) is 2.72. The van der Waals surface area contributed by atoms with Crippen molar-refractivity contribution in [2.75, 3.05) is 0 Å². The Bertz CT molecular complexity index is 797. The number of ketones is 3. The van der Waals surface area contributed by atoms with Crippen LogP contribution >= 0.6 is 0 Å². The number of hydrogen-bond acceptors (Lipinski definition) is 5. The minimum atomic E-state index is -0.997. The smallest absolute Gasteiger partial charge is 0.163 e. The molecule has 5 nitrogen and oxygen atoms in total. The SMILES string of the molecule is C[C@H]1C(=O)[C@]23[C@@H]4OC(C)(C)O[C@@H]2C[C@H]2C(C)(C)CCC(=O)[C@@]2(C)[C@H]3C(=O)C[C@@H]41. The van der Waals surface area contributed by atoms with Gasteiger partial charge in [0.1, 0.15) is 17.3 Å². The summed E-state index contributed by atoms with van der Waals surface area (Å²) < 4.78 is 12.8. The van der Waals surface area contributed by atoms with Crippen molar-refractivity contribution in [2.24, 2.45) is 39.9 Å². The van der Waals surface area contributed by atoms with E-state index < -0.39 is 22.5 Å². The van der Waals surface area contributed by atoms with Gasteiger partial charge in [0.15, 0.2) is 5.79 Å². The second-order valence-electron chi connectivity index (χ2n) is 11.4. The van der Waals surface area contributed by atoms with E-state index in [1.807, 2.05) is 27.7 Å². The Morgan fingerprint density at radius 3 is 2.36 bits per heavy atom. The Balaban J connectivity index is 1.78. The van der Waals surface area contributed by atoms with Crippen molar-refractivity contribution in [1.29, 1.82) is 0 Å². The first-order valence-corrected chi connectivity index (χ1v) is 10.8. The molecule has 4 aliphatic carbocycles. The van der Waals surface area contributed by atoms with E-state index in [1.54, 1.807) is 0 Å². The summed E-state index contributed by atoms with van der Waals surface area (Å²) in [6.45, 7) is 12.1. The van der Waals surface area contributed by atoms with Crippen LogP contribution in [0.5, 0.6) is 0 Å². The normalized spacial score (nSPS) is 53.6. The molecule has 0 amide bonds. The molecule has 5 rings (SSSR count). The standard InChI is InChI=1S/C23H32O5/c1-11-12-9-13(24)17-22(6)14(20(2,3)8-7-15(22)25)10-16-23(17,18(11)26)19(12)28-21(4,5)27-16/h11-12,14,16-17,19H,7-10H2,1-6H3/t11-,12-,14+,16-,17-,19-,22+,23+/m1/s1. The first kappa shape index (κ1) is 18.9. The van der Waals surface area contributed by atoms with Gasteiger partial charge >= 0.3 is 0 Å². The quantitative estimate of drug-likeness (QED) is 0.637. The lowest BCUT2D eigenvalue weighted by molar-refractivity contribution is -0.370. The molecule has 1 spiro atoms. The average molecular weight is 389 g/mol. The van der Waals surface area contributed by atoms with Crippen molar-refractivity contribution < 1.29 is 23.9 Å². The second kappa shape index (κ2) is 5.15. The monoisotopic (exact) mass is 388 g/mol. The molecule has 5 fully saturated rings. The number of Topliss-reactive ketones (excluding diaryl/α,β-unsaturated/α-hetero) is 3. The number of ether oxygens (including phenoxy) is 2. The van der Waals surface area contributed by atoms with Gasteiger partial charge in [-0.15, -0.1) is 0 Å². The molecule has 0 N–H and O–H groups in total. The first-order chi connectivity index (χ1) is 12.9. The van der Waals surface area contributed by atoms with Crippen molar-refractivity contribution in [3.63, 3.8) is 0 Å². The van der Waals surface area contributed by atoms with Gasteiger partial charge in [-0.25, -0.2) is 0 Å². The van der Waals surface area contributed by atoms with Crippen LogP contribution in [-0.2, 0) is 23.9 Å². The molecule has 8 atom stereocenters. The number of fused-ring (bicyclic) bond motifs is 2. The Kier molecular flexibility index (Phi) is 3.48. The van der Waals surface area contributed by atoms with E-state index in [1.165, 1.54) is 0 Å². The minimum absolute atomic E-state index is 0.0284. The van der Waals surface area contributed by atoms with Crippen molar-refractivity contribution in [3.8, 4) is 0 Å². The second-order valence-corrected chi connectivity index (χ2v) is 11.4. The molecule has 0 radical (unpaired) electrons. The van der Waals surface area contributed by atoms with Gasteiger partial charge in [0.05, 0.1) is 17.6 Å². The maximum Gasteiger partial charge on any atom is 0.163 e. The van der Waals surface area contributed by atoms with Crippen molar-refractivity contribution in [3.05, 3.63) is 0 Å². The third kappa shape index (κ3) is 1.89. The number of hydrogen-bond donors (Lipinski definition) is 0. The van der Waals surface area contributed by atoms with Crippen LogP contribution in [0.15, 0.2) is 0 Å². The van der Waals surface area contributed by atoms with E-state index in [0.29, 0.717) is 19.3 Å². The molecule has 1 heterocycles. The maximum absolute atomic E-state index is 13.8. The largest absolute Gasteiger partial charge is 0.346 e. The highest BCUT2D eigenvalue weighted by molar-refractivity contribution is 6.04. The molecule has 0 unspecified atom stereocenters. The van der Waals surface area contributed by atoms with Gasteiger partial charge in [0, 0.05) is 36.0 Å². The van der Waals surface area contributed by atoms with E-state index >= 15 is 0 Å². The lowest BCUT2D eigenvalue weighted by Crippen LogP contribution is -2.75. The van der Waals surface area contributed by atoms with Gasteiger partial charge in [-0.1, -0.05) is 27.7 Å². The molecular weight excluding hydrogens is 356 g/mol. The van der Waals surface area contributed by atoms with Gasteiger partial charge in [-0.3, -0.25) is 14.4 Å². The summed E-state index contributed by atoms with van der Waals surface area (Å²) in [7, 11) is 0. The van der Waals surface area contributed by atoms with Gasteiger partial charge in [-0.05, 0) is 38.0 Å². The molecule has 0 aromatic carbocycles. The van der Waals surface area contributed by atoms with Crippen LogP contribution in [0.3, 0.4) is 0 Å². The predicted octanol–water partition coefficient (Wildman–Crippen LogP) is 3.33. The van der Waals surface area contributed by atoms with Crippen LogP contribution in [0, 0.1) is 39.9 Å². The Labute approximate surface area is 166 Å². The number of carbonyl (C=O) groups excluding carboxylic acids is 3. The molecule has 1 aliphatic heterocycles. The summed E-state index contributed by atoms with van der Waals surface area (Å²) in [5.41, 5.74) is -1.88. The Hall–Kier alpha value is -1.07. The highest BCUT2D eigenvalue weighted by Crippen LogP contribution is 2.72. The molecule has 5 heteroatoms. The van der Waals surface area contributed by atoms with Crippen LogP contribution in [0.1, 0.15) is 67.2 Å². The molecule has 4 saturated carbocycles. The number of carbonyl (C=O) groups is 3. The van der Waals surface area contributed by atoms with Gasteiger partial charge in [0.2, 0.25) is 0 Å². The summed E-state index contributed by atoms with van der Waals surface area (Å²) in [6.07, 6.45) is 1.59. The molecule has 28 heavy (non-hydrogen) atoms. The molecular formula is C23H32O5. The van der Waals surface area contributed by atoms with E-state index in [0.717, 1.165) is 6.42 Å². The van der Waals surface area contributed by atoms with Crippen LogP contribution in [0.25, 0.3) is 0 Å². The van der Waals surface area contributed by atoms with Crippen LogP contribution in [0.4, 0.5) is 0 Å². The molecule has 5 aliphatic rings. The van der Waals surface area contributed by atoms with Gasteiger partial charge < -0.3 is 9.47 Å². The summed E-state index contributed by atoms with van der Waals surface area (Å²) in [6, 6.07) is 0. The highest BCUT2D eigenvalue weighted by atomic mass is 16.7. The molecule has 2 bridgehead atoms. The summed E-state index contributed by atoms with van der Waals surface area (Å²) in [4.78, 5) is 40.7. The minimum Gasteiger partial charge on any atom is -0.346 e. The predicted molar refractivity (Wildman–Crippen MR) is 101 cm³/mol. The maximum atomic E-state index is 13.8. The first-order valence-electron chi connectivity index (χ1n) is 10.8. The topological polar surface area (TPSA) is 69.7 Å². The van der Waals surface area contributed by atoms with Crippen molar-refractivity contribution in [1.82, 2.24) is 0 Å². The summed E-state index contributed by atoms with van der Waals surface area (Å²) in [5.74, 6) is -1.39. The van der Waals surface area contributed by atoms with Crippen LogP contribution in [-0.4, -0.2) is 35.3 Å². The van der Waals surface area contributed by atoms with E-state index in [9.17, 15) is 14.4 Å². The zero-order chi connectivity index (χ0) is 20.4.